The molecule has 0 bridgehead atoms. The van der Waals surface area contributed by atoms with Crippen LogP contribution in [0.4, 0.5) is 0 Å². The number of alkyl halides is 1. The van der Waals surface area contributed by atoms with Crippen LogP contribution in [-0.2, 0) is 12.4 Å². The van der Waals surface area contributed by atoms with Crippen LogP contribution in [0, 0.1) is 0 Å². The summed E-state index contributed by atoms with van der Waals surface area (Å²) in [6.07, 6.45) is 9.11. The smallest absolute Gasteiger partial charge is 0.125 e. The van der Waals surface area contributed by atoms with E-state index in [2.05, 4.69) is 31.0 Å². The summed E-state index contributed by atoms with van der Waals surface area (Å²) in [5, 5.41) is 0. The lowest BCUT2D eigenvalue weighted by Crippen LogP contribution is -2.14. The van der Waals surface area contributed by atoms with Crippen LogP contribution in [0.3, 0.4) is 0 Å². The van der Waals surface area contributed by atoms with Gasteiger partial charge < -0.3 is 9.13 Å². The molecule has 3 aromatic heterocycles. The number of pyridine rings is 1. The van der Waals surface area contributed by atoms with Crippen LogP contribution >= 0.6 is 11.6 Å². The Labute approximate surface area is 115 Å². The molecule has 1 unspecified atom stereocenters. The third-order valence-electron chi connectivity index (χ3n) is 3.16. The van der Waals surface area contributed by atoms with E-state index in [9.17, 15) is 0 Å². The molecule has 0 radical (unpaired) electrons. The minimum Gasteiger partial charge on any atom is -0.335 e. The molecule has 0 saturated heterocycles. The van der Waals surface area contributed by atoms with Gasteiger partial charge in [-0.3, -0.25) is 4.98 Å². The van der Waals surface area contributed by atoms with Crippen molar-refractivity contribution in [1.82, 2.24) is 24.1 Å². The zero-order valence-electron chi connectivity index (χ0n) is 10.6. The minimum atomic E-state index is 0.246. The minimum absolute atomic E-state index is 0.246. The van der Waals surface area contributed by atoms with E-state index in [0.717, 1.165) is 23.4 Å². The van der Waals surface area contributed by atoms with Gasteiger partial charge in [0.05, 0.1) is 30.0 Å². The third-order valence-corrected chi connectivity index (χ3v) is 3.40. The van der Waals surface area contributed by atoms with Gasteiger partial charge >= 0.3 is 0 Å². The largest absolute Gasteiger partial charge is 0.335 e. The molecule has 3 rings (SSSR count). The van der Waals surface area contributed by atoms with Crippen LogP contribution in [0.15, 0.2) is 37.2 Å². The molecule has 19 heavy (non-hydrogen) atoms. The van der Waals surface area contributed by atoms with E-state index < -0.39 is 0 Å². The van der Waals surface area contributed by atoms with Gasteiger partial charge in [-0.25, -0.2) is 9.97 Å². The Hall–Kier alpha value is -1.88. The fraction of sp³-hybridized carbons (Fsp3) is 0.308. The Balaban J connectivity index is 2.02. The first-order valence-corrected chi connectivity index (χ1v) is 6.65. The number of nitrogens with zero attached hydrogens (tertiary/aromatic N) is 5. The standard InChI is InChI=1S/C13H14ClN5/c1-10(8-18-5-4-16-9-18)19-12-2-3-15-7-11(12)17-13(19)6-14/h2-5,7,9-10H,6,8H2,1H3. The van der Waals surface area contributed by atoms with Gasteiger partial charge in [-0.15, -0.1) is 11.6 Å². The van der Waals surface area contributed by atoms with Gasteiger partial charge in [-0.1, -0.05) is 0 Å². The number of aromatic nitrogens is 5. The lowest BCUT2D eigenvalue weighted by Gasteiger charge is -2.17. The summed E-state index contributed by atoms with van der Waals surface area (Å²) in [7, 11) is 0. The number of hydrogen-bond donors (Lipinski definition) is 0. The van der Waals surface area contributed by atoms with Crippen molar-refractivity contribution in [2.45, 2.75) is 25.4 Å². The van der Waals surface area contributed by atoms with E-state index in [0.29, 0.717) is 5.88 Å². The normalized spacial score (nSPS) is 12.9. The lowest BCUT2D eigenvalue weighted by atomic mass is 10.3. The highest BCUT2D eigenvalue weighted by molar-refractivity contribution is 6.16. The molecule has 0 aliphatic rings. The van der Waals surface area contributed by atoms with E-state index in [1.807, 2.05) is 18.6 Å². The van der Waals surface area contributed by atoms with Crippen LogP contribution in [-0.4, -0.2) is 24.1 Å². The molecule has 0 spiro atoms. The van der Waals surface area contributed by atoms with Crippen molar-refractivity contribution in [2.75, 3.05) is 0 Å². The maximum Gasteiger partial charge on any atom is 0.125 e. The molecule has 1 atom stereocenters. The van der Waals surface area contributed by atoms with Crippen LogP contribution in [0.1, 0.15) is 18.8 Å². The van der Waals surface area contributed by atoms with Gasteiger partial charge in [-0.05, 0) is 13.0 Å². The molecule has 3 heterocycles. The van der Waals surface area contributed by atoms with Crippen LogP contribution in [0.25, 0.3) is 11.0 Å². The highest BCUT2D eigenvalue weighted by atomic mass is 35.5. The third kappa shape index (κ3) is 2.21. The zero-order valence-corrected chi connectivity index (χ0v) is 11.3. The van der Waals surface area contributed by atoms with Crippen molar-refractivity contribution in [1.29, 1.82) is 0 Å². The molecule has 0 saturated carbocycles. The topological polar surface area (TPSA) is 48.5 Å². The quantitative estimate of drug-likeness (QED) is 0.688. The van der Waals surface area contributed by atoms with Crippen molar-refractivity contribution in [3.63, 3.8) is 0 Å². The van der Waals surface area contributed by atoms with Crippen LogP contribution < -0.4 is 0 Å². The second kappa shape index (κ2) is 5.01. The fourth-order valence-electron chi connectivity index (χ4n) is 2.37. The predicted molar refractivity (Wildman–Crippen MR) is 74.0 cm³/mol. The summed E-state index contributed by atoms with van der Waals surface area (Å²) in [4.78, 5) is 12.7. The average molecular weight is 276 g/mol. The molecular weight excluding hydrogens is 262 g/mol. The highest BCUT2D eigenvalue weighted by Crippen LogP contribution is 2.22. The fourth-order valence-corrected chi connectivity index (χ4v) is 2.56. The summed E-state index contributed by atoms with van der Waals surface area (Å²) in [5.74, 6) is 1.26. The van der Waals surface area contributed by atoms with Crippen molar-refractivity contribution in [2.24, 2.45) is 0 Å². The summed E-state index contributed by atoms with van der Waals surface area (Å²) in [6, 6.07) is 2.22. The number of imidazole rings is 2. The molecule has 0 aromatic carbocycles. The van der Waals surface area contributed by atoms with Crippen LogP contribution in [0.5, 0.6) is 0 Å². The van der Waals surface area contributed by atoms with Gasteiger partial charge in [-0.2, -0.15) is 0 Å². The first kappa shape index (κ1) is 12.2. The van der Waals surface area contributed by atoms with Crippen molar-refractivity contribution >= 4 is 22.6 Å². The molecule has 3 aromatic rings. The Bertz CT molecular complexity index is 673. The first-order valence-electron chi connectivity index (χ1n) is 6.12. The van der Waals surface area contributed by atoms with Crippen molar-refractivity contribution < 1.29 is 0 Å². The van der Waals surface area contributed by atoms with Gasteiger partial charge in [0.1, 0.15) is 11.3 Å². The molecular formula is C13H14ClN5. The van der Waals surface area contributed by atoms with Gasteiger partial charge in [0, 0.05) is 25.1 Å². The van der Waals surface area contributed by atoms with E-state index >= 15 is 0 Å². The van der Waals surface area contributed by atoms with Gasteiger partial charge in [0.15, 0.2) is 0 Å². The maximum absolute atomic E-state index is 6.01. The number of hydrogen-bond acceptors (Lipinski definition) is 3. The number of rotatable bonds is 4. The maximum atomic E-state index is 6.01. The predicted octanol–water partition coefficient (Wildman–Crippen LogP) is 2.63. The average Bonchev–Trinajstić information content (AvgIpc) is 3.04. The van der Waals surface area contributed by atoms with E-state index in [4.69, 9.17) is 11.6 Å². The molecule has 0 N–H and O–H groups in total. The Morgan fingerprint density at radius 3 is 2.95 bits per heavy atom. The number of halogens is 1. The second-order valence-corrected chi connectivity index (χ2v) is 4.77. The molecule has 98 valence electrons. The second-order valence-electron chi connectivity index (χ2n) is 4.50. The van der Waals surface area contributed by atoms with Crippen molar-refractivity contribution in [3.05, 3.63) is 43.0 Å². The summed E-state index contributed by atoms with van der Waals surface area (Å²) in [5.41, 5.74) is 1.95. The van der Waals surface area contributed by atoms with Gasteiger partial charge in [0.25, 0.3) is 0 Å². The summed E-state index contributed by atoms with van der Waals surface area (Å²) in [6.45, 7) is 2.98. The zero-order chi connectivity index (χ0) is 13.2. The Morgan fingerprint density at radius 1 is 1.32 bits per heavy atom. The molecule has 0 aliphatic carbocycles. The van der Waals surface area contributed by atoms with E-state index in [-0.39, 0.29) is 6.04 Å². The first-order chi connectivity index (χ1) is 9.29. The van der Waals surface area contributed by atoms with Crippen molar-refractivity contribution in [3.8, 4) is 0 Å². The Kier molecular flexibility index (Phi) is 3.21. The molecule has 5 nitrogen and oxygen atoms in total. The summed E-state index contributed by atoms with van der Waals surface area (Å²) >= 11 is 6.01. The molecule has 0 amide bonds. The molecule has 0 aliphatic heterocycles. The molecule has 0 fully saturated rings. The Morgan fingerprint density at radius 2 is 2.21 bits per heavy atom. The van der Waals surface area contributed by atoms with Crippen LogP contribution in [0.2, 0.25) is 0 Å². The molecule has 6 heteroatoms. The monoisotopic (exact) mass is 275 g/mol. The van der Waals surface area contributed by atoms with E-state index in [1.165, 1.54) is 0 Å². The highest BCUT2D eigenvalue weighted by Gasteiger charge is 2.15. The van der Waals surface area contributed by atoms with E-state index in [1.54, 1.807) is 18.6 Å². The number of fused-ring (bicyclic) bond motifs is 1. The van der Waals surface area contributed by atoms with Gasteiger partial charge in [0.2, 0.25) is 0 Å². The lowest BCUT2D eigenvalue weighted by molar-refractivity contribution is 0.464. The SMILES string of the molecule is CC(Cn1ccnc1)n1c(CCl)nc2cnccc21. The summed E-state index contributed by atoms with van der Waals surface area (Å²) < 4.78 is 4.22.